The lowest BCUT2D eigenvalue weighted by Crippen LogP contribution is -2.30. The highest BCUT2D eigenvalue weighted by Crippen LogP contribution is 2.17. The molecule has 0 aromatic heterocycles. The van der Waals surface area contributed by atoms with Gasteiger partial charge in [-0.1, -0.05) is 48.0 Å². The molecule has 0 radical (unpaired) electrons. The number of hydrogen-bond acceptors (Lipinski definition) is 4. The van der Waals surface area contributed by atoms with E-state index in [0.717, 1.165) is 30.8 Å². The molecule has 31 heavy (non-hydrogen) atoms. The first kappa shape index (κ1) is 22.8. The van der Waals surface area contributed by atoms with Crippen molar-refractivity contribution >= 4 is 11.7 Å². The van der Waals surface area contributed by atoms with Crippen molar-refractivity contribution in [1.82, 2.24) is 10.2 Å². The van der Waals surface area contributed by atoms with E-state index in [0.29, 0.717) is 0 Å². The van der Waals surface area contributed by atoms with Gasteiger partial charge in [0.15, 0.2) is 12.4 Å². The van der Waals surface area contributed by atoms with Gasteiger partial charge < -0.3 is 15.9 Å². The standard InChI is InChI=1S/C25H34N4O2/c1-18-10-11-22(14-19(18)2)20(3)27-24(30)17-31-28-25(26)23-9-7-8-21(15-23)16-29-12-5-4-6-13-29/h7-11,14-15,20H,4-6,12-13,16-17H2,1-3H3,(H2,26,28)(H,27,30)/t20-/m1/s1. The Hall–Kier alpha value is -2.86. The van der Waals surface area contributed by atoms with Crippen LogP contribution in [0.25, 0.3) is 0 Å². The van der Waals surface area contributed by atoms with Gasteiger partial charge in [-0.3, -0.25) is 9.69 Å². The molecule has 1 atom stereocenters. The number of likely N-dealkylation sites (tertiary alicyclic amines) is 1. The van der Waals surface area contributed by atoms with Crippen LogP contribution in [0.15, 0.2) is 47.6 Å². The smallest absolute Gasteiger partial charge is 0.261 e. The molecule has 1 heterocycles. The summed E-state index contributed by atoms with van der Waals surface area (Å²) in [6, 6.07) is 14.1. The second-order valence-electron chi connectivity index (χ2n) is 8.42. The molecule has 0 aliphatic carbocycles. The quantitative estimate of drug-likeness (QED) is 0.385. The van der Waals surface area contributed by atoms with E-state index in [1.807, 2.05) is 31.2 Å². The SMILES string of the molecule is Cc1ccc([C@@H](C)NC(=O)CO/N=C(/N)c2cccc(CN3CCCCC3)c2)cc1C. The molecule has 0 bridgehead atoms. The Balaban J connectivity index is 1.50. The van der Waals surface area contributed by atoms with Crippen LogP contribution in [0.4, 0.5) is 0 Å². The Bertz CT molecular complexity index is 919. The predicted octanol–water partition coefficient (Wildman–Crippen LogP) is 3.80. The summed E-state index contributed by atoms with van der Waals surface area (Å²) in [5.74, 6) is 0.0385. The first-order chi connectivity index (χ1) is 14.9. The van der Waals surface area contributed by atoms with Crippen molar-refractivity contribution in [2.45, 2.75) is 52.6 Å². The van der Waals surface area contributed by atoms with Crippen molar-refractivity contribution in [3.05, 3.63) is 70.3 Å². The van der Waals surface area contributed by atoms with Crippen molar-refractivity contribution in [3.63, 3.8) is 0 Å². The Morgan fingerprint density at radius 1 is 1.13 bits per heavy atom. The van der Waals surface area contributed by atoms with E-state index in [4.69, 9.17) is 10.6 Å². The molecule has 6 nitrogen and oxygen atoms in total. The molecule has 6 heteroatoms. The second kappa shape index (κ2) is 11.0. The van der Waals surface area contributed by atoms with Gasteiger partial charge in [0.1, 0.15) is 0 Å². The molecule has 1 saturated heterocycles. The maximum Gasteiger partial charge on any atom is 0.261 e. The lowest BCUT2D eigenvalue weighted by molar-refractivity contribution is -0.126. The summed E-state index contributed by atoms with van der Waals surface area (Å²) in [5, 5.41) is 6.88. The molecule has 0 spiro atoms. The van der Waals surface area contributed by atoms with Crippen LogP contribution in [0.5, 0.6) is 0 Å². The molecular weight excluding hydrogens is 388 g/mol. The van der Waals surface area contributed by atoms with Crippen molar-refractivity contribution in [2.75, 3.05) is 19.7 Å². The molecule has 1 aliphatic heterocycles. The third-order valence-electron chi connectivity index (χ3n) is 5.84. The first-order valence-corrected chi connectivity index (χ1v) is 11.1. The number of oxime groups is 1. The molecule has 3 N–H and O–H groups in total. The van der Waals surface area contributed by atoms with Crippen LogP contribution in [0.1, 0.15) is 60.0 Å². The number of nitrogens with one attached hydrogen (secondary N) is 1. The molecule has 1 fully saturated rings. The summed E-state index contributed by atoms with van der Waals surface area (Å²) in [4.78, 5) is 19.9. The highest BCUT2D eigenvalue weighted by molar-refractivity contribution is 5.97. The van der Waals surface area contributed by atoms with Gasteiger partial charge in [0.05, 0.1) is 6.04 Å². The van der Waals surface area contributed by atoms with E-state index >= 15 is 0 Å². The number of aryl methyl sites for hydroxylation is 2. The third-order valence-corrected chi connectivity index (χ3v) is 5.84. The average molecular weight is 423 g/mol. The molecule has 2 aromatic rings. The highest BCUT2D eigenvalue weighted by atomic mass is 16.6. The monoisotopic (exact) mass is 422 g/mol. The third kappa shape index (κ3) is 6.82. The number of hydrogen-bond donors (Lipinski definition) is 2. The van der Waals surface area contributed by atoms with Crippen molar-refractivity contribution in [3.8, 4) is 0 Å². The van der Waals surface area contributed by atoms with Crippen molar-refractivity contribution in [1.29, 1.82) is 0 Å². The van der Waals surface area contributed by atoms with E-state index in [1.54, 1.807) is 0 Å². The van der Waals surface area contributed by atoms with E-state index in [-0.39, 0.29) is 24.4 Å². The Labute approximate surface area is 185 Å². The number of amides is 1. The van der Waals surface area contributed by atoms with Crippen LogP contribution in [-0.2, 0) is 16.2 Å². The number of amidine groups is 1. The normalized spacial score (nSPS) is 16.0. The van der Waals surface area contributed by atoms with Gasteiger partial charge in [-0.15, -0.1) is 0 Å². The minimum Gasteiger partial charge on any atom is -0.384 e. The molecular formula is C25H34N4O2. The van der Waals surface area contributed by atoms with Crippen LogP contribution in [0.2, 0.25) is 0 Å². The summed E-state index contributed by atoms with van der Waals surface area (Å²) in [6.07, 6.45) is 3.85. The van der Waals surface area contributed by atoms with Crippen LogP contribution < -0.4 is 11.1 Å². The van der Waals surface area contributed by atoms with Crippen LogP contribution in [0.3, 0.4) is 0 Å². The first-order valence-electron chi connectivity index (χ1n) is 11.1. The molecule has 166 valence electrons. The fourth-order valence-corrected chi connectivity index (χ4v) is 3.82. The zero-order valence-corrected chi connectivity index (χ0v) is 18.9. The van der Waals surface area contributed by atoms with Crippen LogP contribution in [-0.4, -0.2) is 36.3 Å². The van der Waals surface area contributed by atoms with Gasteiger partial charge in [-0.05, 0) is 75.0 Å². The maximum absolute atomic E-state index is 12.2. The number of carbonyl (C=O) groups is 1. The number of nitrogens with zero attached hydrogens (tertiary/aromatic N) is 2. The van der Waals surface area contributed by atoms with Crippen molar-refractivity contribution in [2.24, 2.45) is 10.9 Å². The maximum atomic E-state index is 12.2. The second-order valence-corrected chi connectivity index (χ2v) is 8.42. The largest absolute Gasteiger partial charge is 0.384 e. The summed E-state index contributed by atoms with van der Waals surface area (Å²) in [5.41, 5.74) is 11.6. The predicted molar refractivity (Wildman–Crippen MR) is 125 cm³/mol. The number of rotatable bonds is 8. The average Bonchev–Trinajstić information content (AvgIpc) is 2.76. The van der Waals surface area contributed by atoms with Crippen molar-refractivity contribution < 1.29 is 9.63 Å². The van der Waals surface area contributed by atoms with E-state index in [1.165, 1.54) is 36.0 Å². The van der Waals surface area contributed by atoms with E-state index < -0.39 is 0 Å². The number of benzene rings is 2. The molecule has 2 aromatic carbocycles. The van der Waals surface area contributed by atoms with Gasteiger partial charge in [0, 0.05) is 12.1 Å². The number of carbonyl (C=O) groups excluding carboxylic acids is 1. The highest BCUT2D eigenvalue weighted by Gasteiger charge is 2.12. The Morgan fingerprint density at radius 3 is 2.65 bits per heavy atom. The number of piperidine rings is 1. The zero-order chi connectivity index (χ0) is 22.2. The van der Waals surface area contributed by atoms with Gasteiger partial charge in [-0.25, -0.2) is 0 Å². The summed E-state index contributed by atoms with van der Waals surface area (Å²) < 4.78 is 0. The summed E-state index contributed by atoms with van der Waals surface area (Å²) in [7, 11) is 0. The fraction of sp³-hybridized carbons (Fsp3) is 0.440. The Kier molecular flexibility index (Phi) is 8.06. The molecule has 1 aliphatic rings. The van der Waals surface area contributed by atoms with Crippen LogP contribution >= 0.6 is 0 Å². The number of nitrogens with two attached hydrogens (primary N) is 1. The fourth-order valence-electron chi connectivity index (χ4n) is 3.82. The van der Waals surface area contributed by atoms with Gasteiger partial charge in [-0.2, -0.15) is 0 Å². The van der Waals surface area contributed by atoms with E-state index in [9.17, 15) is 4.79 Å². The molecule has 3 rings (SSSR count). The van der Waals surface area contributed by atoms with E-state index in [2.05, 4.69) is 47.4 Å². The summed E-state index contributed by atoms with van der Waals surface area (Å²) >= 11 is 0. The lowest BCUT2D eigenvalue weighted by atomic mass is 10.0. The molecule has 0 unspecified atom stereocenters. The van der Waals surface area contributed by atoms with Gasteiger partial charge in [0.2, 0.25) is 0 Å². The van der Waals surface area contributed by atoms with Gasteiger partial charge in [0.25, 0.3) is 5.91 Å². The molecule has 1 amide bonds. The Morgan fingerprint density at radius 2 is 1.90 bits per heavy atom. The summed E-state index contributed by atoms with van der Waals surface area (Å²) in [6.45, 7) is 9.12. The lowest BCUT2D eigenvalue weighted by Gasteiger charge is -2.26. The molecule has 0 saturated carbocycles. The van der Waals surface area contributed by atoms with Gasteiger partial charge >= 0.3 is 0 Å². The topological polar surface area (TPSA) is 79.9 Å². The van der Waals surface area contributed by atoms with Crippen LogP contribution in [0, 0.1) is 13.8 Å². The zero-order valence-electron chi connectivity index (χ0n) is 18.9. The minimum atomic E-state index is -0.235. The minimum absolute atomic E-state index is 0.108.